The quantitative estimate of drug-likeness (QED) is 0.690. The summed E-state index contributed by atoms with van der Waals surface area (Å²) in [6, 6.07) is 8.54. The van der Waals surface area contributed by atoms with E-state index < -0.39 is 12.0 Å². The molecule has 3 nitrogen and oxygen atoms in total. The van der Waals surface area contributed by atoms with Gasteiger partial charge >= 0.3 is 5.97 Å². The minimum absolute atomic E-state index is 0.385. The summed E-state index contributed by atoms with van der Waals surface area (Å²) in [5.41, 5.74) is 6.30. The van der Waals surface area contributed by atoms with Crippen molar-refractivity contribution in [3.63, 3.8) is 0 Å². The Balaban J connectivity index is 2.58. The Morgan fingerprint density at radius 3 is 2.50 bits per heavy atom. The summed E-state index contributed by atoms with van der Waals surface area (Å²) >= 11 is 0. The average Bonchev–Trinajstić information content (AvgIpc) is 2.06. The van der Waals surface area contributed by atoms with Gasteiger partial charge in [0.25, 0.3) is 0 Å². The molecule has 1 aromatic rings. The van der Waals surface area contributed by atoms with Crippen molar-refractivity contribution >= 4 is 5.97 Å². The van der Waals surface area contributed by atoms with Gasteiger partial charge in [-0.25, -0.2) is 0 Å². The predicted octanol–water partition coefficient (Wildman–Crippen LogP) is 0.641. The zero-order valence-electron chi connectivity index (χ0n) is 6.60. The molecule has 0 aliphatic rings. The molecule has 0 unspecified atom stereocenters. The molecular weight excluding hydrogens is 154 g/mol. The summed E-state index contributed by atoms with van der Waals surface area (Å²) in [4.78, 5) is 10.4. The molecule has 0 heterocycles. The number of rotatable bonds is 3. The summed E-state index contributed by atoms with van der Waals surface area (Å²) in [6.07, 6.45) is 0.385. The summed E-state index contributed by atoms with van der Waals surface area (Å²) in [6.45, 7) is 0. The zero-order chi connectivity index (χ0) is 8.97. The highest BCUT2D eigenvalue weighted by Crippen LogP contribution is 2.01. The van der Waals surface area contributed by atoms with Crippen LogP contribution in [-0.4, -0.2) is 17.1 Å². The molecule has 1 rings (SSSR count). The highest BCUT2D eigenvalue weighted by Gasteiger charge is 2.10. The lowest BCUT2D eigenvalue weighted by molar-refractivity contribution is -0.138. The fourth-order valence-electron chi connectivity index (χ4n) is 0.955. The largest absolute Gasteiger partial charge is 0.480 e. The maximum atomic E-state index is 10.4. The number of aliphatic carboxylic acids is 1. The van der Waals surface area contributed by atoms with Crippen LogP contribution in [-0.2, 0) is 11.2 Å². The van der Waals surface area contributed by atoms with E-state index in [0.717, 1.165) is 5.56 Å². The van der Waals surface area contributed by atoms with Gasteiger partial charge in [0.2, 0.25) is 0 Å². The van der Waals surface area contributed by atoms with Crippen molar-refractivity contribution in [2.75, 3.05) is 0 Å². The van der Waals surface area contributed by atoms with E-state index in [1.165, 1.54) is 0 Å². The van der Waals surface area contributed by atoms with E-state index >= 15 is 0 Å². The Hall–Kier alpha value is -1.35. The minimum atomic E-state index is -0.959. The molecule has 0 amide bonds. The second-order valence-electron chi connectivity index (χ2n) is 2.63. The van der Waals surface area contributed by atoms with Crippen LogP contribution in [0.4, 0.5) is 0 Å². The van der Waals surface area contributed by atoms with Gasteiger partial charge in [-0.15, -0.1) is 0 Å². The summed E-state index contributed by atoms with van der Waals surface area (Å²) < 4.78 is 0. The van der Waals surface area contributed by atoms with Crippen LogP contribution in [0.3, 0.4) is 0 Å². The molecule has 3 heteroatoms. The van der Waals surface area contributed by atoms with Gasteiger partial charge in [0, 0.05) is 0 Å². The lowest BCUT2D eigenvalue weighted by atomic mass is 10.1. The molecule has 0 saturated heterocycles. The van der Waals surface area contributed by atoms with E-state index in [2.05, 4.69) is 0 Å². The second kappa shape index (κ2) is 3.88. The maximum absolute atomic E-state index is 10.4. The van der Waals surface area contributed by atoms with Crippen LogP contribution in [0.2, 0.25) is 0 Å². The normalized spacial score (nSPS) is 12.4. The lowest BCUT2D eigenvalue weighted by Gasteiger charge is -2.04. The molecule has 0 spiro atoms. The third kappa shape index (κ3) is 2.36. The Bertz CT molecular complexity index is 258. The van der Waals surface area contributed by atoms with Crippen molar-refractivity contribution in [3.05, 3.63) is 35.9 Å². The standard InChI is InChI=1S/C9H11NO2/c10-8(9(11)12)6-7-4-2-1-3-5-7/h1-5,8H,6,10H2,(H,11,12)/t8-/m0/s1/i8+0. The summed E-state index contributed by atoms with van der Waals surface area (Å²) in [5.74, 6) is -0.959. The molecule has 1 aromatic carbocycles. The lowest BCUT2D eigenvalue weighted by Crippen LogP contribution is -2.32. The first-order valence-corrected chi connectivity index (χ1v) is 3.72. The van der Waals surface area contributed by atoms with Gasteiger partial charge in [-0.1, -0.05) is 30.3 Å². The predicted molar refractivity (Wildman–Crippen MR) is 45.8 cm³/mol. The van der Waals surface area contributed by atoms with Crippen LogP contribution < -0.4 is 5.73 Å². The molecule has 64 valence electrons. The topological polar surface area (TPSA) is 63.3 Å². The molecule has 0 aliphatic heterocycles. The first-order chi connectivity index (χ1) is 5.70. The van der Waals surface area contributed by atoms with E-state index in [-0.39, 0.29) is 0 Å². The second-order valence-corrected chi connectivity index (χ2v) is 2.63. The number of carboxylic acids is 1. The van der Waals surface area contributed by atoms with Crippen LogP contribution in [0, 0.1) is 0 Å². The summed E-state index contributed by atoms with van der Waals surface area (Å²) in [5, 5.41) is 8.52. The van der Waals surface area contributed by atoms with Gasteiger partial charge in [-0.05, 0) is 12.0 Å². The number of carboxylic acid groups (broad SMARTS) is 1. The van der Waals surface area contributed by atoms with Gasteiger partial charge in [0.05, 0.1) is 0 Å². The number of carbonyl (C=O) groups is 1. The first-order valence-electron chi connectivity index (χ1n) is 3.72. The zero-order valence-corrected chi connectivity index (χ0v) is 6.60. The van der Waals surface area contributed by atoms with E-state index in [9.17, 15) is 4.79 Å². The third-order valence-corrected chi connectivity index (χ3v) is 1.62. The Morgan fingerprint density at radius 1 is 1.42 bits per heavy atom. The number of hydrogen-bond acceptors (Lipinski definition) is 2. The van der Waals surface area contributed by atoms with Gasteiger partial charge in [-0.3, -0.25) is 4.79 Å². The van der Waals surface area contributed by atoms with Crippen molar-refractivity contribution in [2.45, 2.75) is 12.5 Å². The van der Waals surface area contributed by atoms with E-state index in [1.54, 1.807) is 0 Å². The van der Waals surface area contributed by atoms with Crippen molar-refractivity contribution in [3.8, 4) is 0 Å². The Morgan fingerprint density at radius 2 is 2.00 bits per heavy atom. The van der Waals surface area contributed by atoms with Crippen LogP contribution in [0.1, 0.15) is 5.56 Å². The van der Waals surface area contributed by atoms with Gasteiger partial charge < -0.3 is 10.8 Å². The van der Waals surface area contributed by atoms with Crippen molar-refractivity contribution in [1.29, 1.82) is 0 Å². The van der Waals surface area contributed by atoms with Gasteiger partial charge in [0.15, 0.2) is 0 Å². The molecule has 0 aliphatic carbocycles. The Kier molecular flexibility index (Phi) is 2.82. The SMILES string of the molecule is N[12C@@H](Cc1ccccc1)C(=O)O. The van der Waals surface area contributed by atoms with Gasteiger partial charge in [0.1, 0.15) is 6.04 Å². The van der Waals surface area contributed by atoms with Crippen molar-refractivity contribution in [1.82, 2.24) is 0 Å². The van der Waals surface area contributed by atoms with Crippen LogP contribution >= 0.6 is 0 Å². The first kappa shape index (κ1) is 8.74. The molecule has 0 radical (unpaired) electrons. The molecule has 3 N–H and O–H groups in total. The molecular formula is C9H11NO2. The molecule has 0 aromatic heterocycles. The maximum Gasteiger partial charge on any atom is 0.320 e. The molecule has 1 atom stereocenters. The minimum Gasteiger partial charge on any atom is -0.480 e. The van der Waals surface area contributed by atoms with Crippen LogP contribution in [0.15, 0.2) is 30.3 Å². The third-order valence-electron chi connectivity index (χ3n) is 1.62. The molecule has 0 bridgehead atoms. The highest BCUT2D eigenvalue weighted by molar-refractivity contribution is 5.73. The smallest absolute Gasteiger partial charge is 0.320 e. The van der Waals surface area contributed by atoms with Crippen LogP contribution in [0.5, 0.6) is 0 Å². The van der Waals surface area contributed by atoms with E-state index in [0.29, 0.717) is 6.42 Å². The van der Waals surface area contributed by atoms with Crippen molar-refractivity contribution < 1.29 is 9.90 Å². The molecule has 0 saturated carbocycles. The fourth-order valence-corrected chi connectivity index (χ4v) is 0.955. The fraction of sp³-hybridized carbons (Fsp3) is 0.222. The van der Waals surface area contributed by atoms with E-state index in [1.807, 2.05) is 30.3 Å². The van der Waals surface area contributed by atoms with Crippen LogP contribution in [0.25, 0.3) is 0 Å². The number of nitrogens with two attached hydrogens (primary N) is 1. The number of hydrogen-bond donors (Lipinski definition) is 2. The van der Waals surface area contributed by atoms with Gasteiger partial charge in [-0.2, -0.15) is 0 Å². The summed E-state index contributed by atoms with van der Waals surface area (Å²) in [7, 11) is 0. The highest BCUT2D eigenvalue weighted by atomic mass is 16.4. The van der Waals surface area contributed by atoms with Crippen molar-refractivity contribution in [2.24, 2.45) is 5.73 Å². The molecule has 0 fully saturated rings. The van der Waals surface area contributed by atoms with E-state index in [4.69, 9.17) is 10.8 Å². The molecule has 12 heavy (non-hydrogen) atoms. The average molecular weight is 165 g/mol. The monoisotopic (exact) mass is 165 g/mol. The Labute approximate surface area is 70.8 Å². The number of benzene rings is 1.